The average molecular weight is 457 g/mol. The molecule has 5 aliphatic carbocycles. The summed E-state index contributed by atoms with van der Waals surface area (Å²) in [4.78, 5) is 25.3. The Morgan fingerprint density at radius 2 is 1.73 bits per heavy atom. The number of aliphatic hydroxyl groups excluding tert-OH is 1. The lowest BCUT2D eigenvalue weighted by atomic mass is 9.34. The largest absolute Gasteiger partial charge is 0.481 e. The molecule has 0 radical (unpaired) electrons. The zero-order valence-corrected chi connectivity index (χ0v) is 21.5. The highest BCUT2D eigenvalue weighted by atomic mass is 16.4. The van der Waals surface area contributed by atoms with Crippen molar-refractivity contribution in [3.8, 4) is 0 Å². The summed E-state index contributed by atoms with van der Waals surface area (Å²) < 4.78 is 0. The highest BCUT2D eigenvalue weighted by Gasteiger charge is 2.70. The van der Waals surface area contributed by atoms with Gasteiger partial charge in [-0.1, -0.05) is 53.2 Å². The van der Waals surface area contributed by atoms with Gasteiger partial charge >= 0.3 is 5.97 Å². The number of carboxylic acids is 1. The minimum Gasteiger partial charge on any atom is -0.481 e. The highest BCUT2D eigenvalue weighted by Crippen LogP contribution is 2.74. The first-order valence-electron chi connectivity index (χ1n) is 13.4. The average Bonchev–Trinajstić information content (AvgIpc) is 2.71. The molecule has 0 aliphatic heterocycles. The summed E-state index contributed by atoms with van der Waals surface area (Å²) in [6.45, 7) is 13.9. The molecule has 0 bridgehead atoms. The van der Waals surface area contributed by atoms with Gasteiger partial charge in [-0.3, -0.25) is 9.59 Å². The Hall–Kier alpha value is -1.16. The number of aliphatic carboxylic acids is 1. The van der Waals surface area contributed by atoms with E-state index in [1.807, 2.05) is 0 Å². The maximum Gasteiger partial charge on any atom is 0.312 e. The van der Waals surface area contributed by atoms with Crippen molar-refractivity contribution in [3.63, 3.8) is 0 Å². The van der Waals surface area contributed by atoms with Crippen LogP contribution in [0, 0.1) is 50.7 Å². The number of allylic oxidation sites excluding steroid dienone is 2. The van der Waals surface area contributed by atoms with Gasteiger partial charge in [-0.2, -0.15) is 0 Å². The Bertz CT molecular complexity index is 919. The predicted molar refractivity (Wildman–Crippen MR) is 128 cm³/mol. The number of hydrogen-bond acceptors (Lipinski definition) is 3. The lowest BCUT2D eigenvalue weighted by molar-refractivity contribution is -0.201. The van der Waals surface area contributed by atoms with E-state index in [0.29, 0.717) is 36.9 Å². The summed E-state index contributed by atoms with van der Waals surface area (Å²) in [5.41, 5.74) is 0.313. The van der Waals surface area contributed by atoms with Crippen LogP contribution in [0.4, 0.5) is 0 Å². The fraction of sp³-hybridized carbons (Fsp3) is 0.862. The smallest absolute Gasteiger partial charge is 0.312 e. The van der Waals surface area contributed by atoms with Crippen molar-refractivity contribution < 1.29 is 19.8 Å². The lowest BCUT2D eigenvalue weighted by Crippen LogP contribution is -2.66. The summed E-state index contributed by atoms with van der Waals surface area (Å²) in [5, 5.41) is 22.1. The van der Waals surface area contributed by atoms with E-state index in [0.717, 1.165) is 38.5 Å². The van der Waals surface area contributed by atoms with E-state index in [4.69, 9.17) is 0 Å². The van der Waals surface area contributed by atoms with Crippen molar-refractivity contribution in [2.24, 2.45) is 50.7 Å². The van der Waals surface area contributed by atoms with Crippen LogP contribution in [0.2, 0.25) is 0 Å². The molecule has 0 spiro atoms. The van der Waals surface area contributed by atoms with Crippen molar-refractivity contribution in [2.45, 2.75) is 105 Å². The van der Waals surface area contributed by atoms with Crippen LogP contribution < -0.4 is 0 Å². The second-order valence-corrected chi connectivity index (χ2v) is 14.1. The molecule has 5 aliphatic rings. The van der Waals surface area contributed by atoms with Crippen LogP contribution in [0.15, 0.2) is 11.6 Å². The normalized spacial score (nSPS) is 53.1. The number of carboxylic acid groups (broad SMARTS) is 1. The summed E-state index contributed by atoms with van der Waals surface area (Å²) >= 11 is 0. The molecule has 4 nitrogen and oxygen atoms in total. The molecule has 184 valence electrons. The Balaban J connectivity index is 1.63. The molecular formula is C29H44O4. The summed E-state index contributed by atoms with van der Waals surface area (Å²) in [5.74, 6) is 0.582. The van der Waals surface area contributed by atoms with Gasteiger partial charge in [0.15, 0.2) is 0 Å². The second-order valence-electron chi connectivity index (χ2n) is 14.1. The predicted octanol–water partition coefficient (Wildman–Crippen LogP) is 6.02. The van der Waals surface area contributed by atoms with Crippen LogP contribution in [0.25, 0.3) is 0 Å². The van der Waals surface area contributed by atoms with E-state index in [-0.39, 0.29) is 33.5 Å². The molecule has 0 aromatic heterocycles. The SMILES string of the molecule is C[C@H]1C(=O)CC[C@]2(C)C3CC=C4[C@@H]5CC(C)(C)CC[C@]5(C(=O)O)[C@H](O)C[C@@]4(C)[C@]3(C)CC[C@@H]12. The second kappa shape index (κ2) is 6.95. The number of aliphatic hydroxyl groups is 1. The maximum atomic E-state index is 12.8. The fourth-order valence-corrected chi connectivity index (χ4v) is 10.1. The molecule has 4 heteroatoms. The Kier molecular flexibility index (Phi) is 4.97. The molecule has 9 atom stereocenters. The van der Waals surface area contributed by atoms with E-state index in [2.05, 4.69) is 47.6 Å². The number of carbonyl (C=O) groups excluding carboxylic acids is 1. The van der Waals surface area contributed by atoms with Gasteiger partial charge in [0.2, 0.25) is 0 Å². The standard InChI is InChI=1S/C29H44O4/c1-17-18-9-12-27(5)22(26(18,4)11-10-21(17)30)8-7-19-20-15-25(2,3)13-14-29(20,24(32)33)23(31)16-28(19,27)6/h7,17-18,20,22-23,31H,8-16H2,1-6H3,(H,32,33)/t17-,18+,20+,22?,23-,26+,27-,28-,29-/m1/s1. The highest BCUT2D eigenvalue weighted by molar-refractivity contribution is 5.82. The van der Waals surface area contributed by atoms with Crippen LogP contribution >= 0.6 is 0 Å². The maximum absolute atomic E-state index is 12.8. The van der Waals surface area contributed by atoms with Gasteiger partial charge in [0, 0.05) is 12.3 Å². The number of hydrogen-bond donors (Lipinski definition) is 2. The number of carbonyl (C=O) groups is 2. The van der Waals surface area contributed by atoms with Crippen molar-refractivity contribution in [1.82, 2.24) is 0 Å². The lowest BCUT2D eigenvalue weighted by Gasteiger charge is -2.70. The molecule has 0 amide bonds. The Morgan fingerprint density at radius 1 is 1.03 bits per heavy atom. The number of Topliss-reactive ketones (excluding diaryl/α,β-unsaturated/α-hetero) is 1. The molecular weight excluding hydrogens is 412 g/mol. The third-order valence-corrected chi connectivity index (χ3v) is 12.4. The Labute approximate surface area is 199 Å². The van der Waals surface area contributed by atoms with Crippen LogP contribution in [-0.4, -0.2) is 28.1 Å². The molecule has 0 heterocycles. The van der Waals surface area contributed by atoms with E-state index >= 15 is 0 Å². The fourth-order valence-electron chi connectivity index (χ4n) is 10.1. The molecule has 33 heavy (non-hydrogen) atoms. The first-order chi connectivity index (χ1) is 15.2. The van der Waals surface area contributed by atoms with Crippen LogP contribution in [-0.2, 0) is 9.59 Å². The van der Waals surface area contributed by atoms with Crippen LogP contribution in [0.1, 0.15) is 99.3 Å². The van der Waals surface area contributed by atoms with E-state index in [1.54, 1.807) is 0 Å². The summed E-state index contributed by atoms with van der Waals surface area (Å²) in [7, 11) is 0. The number of rotatable bonds is 1. The van der Waals surface area contributed by atoms with Crippen molar-refractivity contribution in [1.29, 1.82) is 0 Å². The number of fused-ring (bicyclic) bond motifs is 7. The van der Waals surface area contributed by atoms with E-state index in [1.165, 1.54) is 5.57 Å². The van der Waals surface area contributed by atoms with E-state index < -0.39 is 17.5 Å². The van der Waals surface area contributed by atoms with Gasteiger partial charge in [-0.15, -0.1) is 0 Å². The summed E-state index contributed by atoms with van der Waals surface area (Å²) in [6.07, 6.45) is 9.18. The third kappa shape index (κ3) is 2.79. The van der Waals surface area contributed by atoms with Crippen molar-refractivity contribution in [2.75, 3.05) is 0 Å². The van der Waals surface area contributed by atoms with Crippen LogP contribution in [0.3, 0.4) is 0 Å². The summed E-state index contributed by atoms with van der Waals surface area (Å²) in [6, 6.07) is 0. The minimum atomic E-state index is -1.04. The number of ketones is 1. The van der Waals surface area contributed by atoms with Gasteiger partial charge in [-0.05, 0) is 90.8 Å². The zero-order chi connectivity index (χ0) is 24.2. The van der Waals surface area contributed by atoms with Gasteiger partial charge in [-0.25, -0.2) is 0 Å². The van der Waals surface area contributed by atoms with Gasteiger partial charge in [0.1, 0.15) is 11.2 Å². The van der Waals surface area contributed by atoms with Crippen molar-refractivity contribution in [3.05, 3.63) is 11.6 Å². The molecule has 2 N–H and O–H groups in total. The quantitative estimate of drug-likeness (QED) is 0.473. The monoisotopic (exact) mass is 456 g/mol. The zero-order valence-electron chi connectivity index (χ0n) is 21.5. The van der Waals surface area contributed by atoms with Crippen molar-refractivity contribution >= 4 is 11.8 Å². The van der Waals surface area contributed by atoms with Gasteiger partial charge in [0.25, 0.3) is 0 Å². The topological polar surface area (TPSA) is 74.6 Å². The first kappa shape index (κ1) is 23.6. The van der Waals surface area contributed by atoms with Crippen LogP contribution in [0.5, 0.6) is 0 Å². The van der Waals surface area contributed by atoms with Gasteiger partial charge < -0.3 is 10.2 Å². The molecule has 4 fully saturated rings. The third-order valence-electron chi connectivity index (χ3n) is 12.4. The molecule has 0 aromatic carbocycles. The minimum absolute atomic E-state index is 0.00960. The Morgan fingerprint density at radius 3 is 2.39 bits per heavy atom. The first-order valence-corrected chi connectivity index (χ1v) is 13.4. The molecule has 0 saturated heterocycles. The molecule has 4 saturated carbocycles. The van der Waals surface area contributed by atoms with Gasteiger partial charge in [0.05, 0.1) is 6.10 Å². The molecule has 0 aromatic rings. The van der Waals surface area contributed by atoms with E-state index in [9.17, 15) is 19.8 Å². The molecule has 1 unspecified atom stereocenters. The molecule has 5 rings (SSSR count).